The number of nitrogens with zero attached hydrogens (tertiary/aromatic N) is 2. The maximum Gasteiger partial charge on any atom is 0.0921 e. The third-order valence-electron chi connectivity index (χ3n) is 6.52. The summed E-state index contributed by atoms with van der Waals surface area (Å²) in [4.78, 5) is 9.93. The molecule has 2 aromatic carbocycles. The second-order valence-electron chi connectivity index (χ2n) is 8.62. The van der Waals surface area contributed by atoms with Gasteiger partial charge in [-0.25, -0.2) is 4.98 Å². The Morgan fingerprint density at radius 2 is 1.88 bits per heavy atom. The fourth-order valence-corrected chi connectivity index (χ4v) is 4.83. The quantitative estimate of drug-likeness (QED) is 0.411. The first-order valence-corrected chi connectivity index (χ1v) is 12.0. The fourth-order valence-electron chi connectivity index (χ4n) is 4.53. The minimum Gasteiger partial charge on any atom is -0.365 e. The van der Waals surface area contributed by atoms with Gasteiger partial charge in [0.25, 0.3) is 0 Å². The molecule has 3 nitrogen and oxygen atoms in total. The van der Waals surface area contributed by atoms with E-state index in [-0.39, 0.29) is 5.54 Å². The van der Waals surface area contributed by atoms with Gasteiger partial charge in [0.05, 0.1) is 18.5 Å². The lowest BCUT2D eigenvalue weighted by atomic mass is 9.88. The number of benzene rings is 2. The summed E-state index contributed by atoms with van der Waals surface area (Å²) in [6.07, 6.45) is 7.72. The van der Waals surface area contributed by atoms with E-state index in [1.54, 1.807) is 6.33 Å². The Bertz CT molecular complexity index is 1000. The molecule has 5 heteroatoms. The molecule has 0 spiro atoms. The zero-order valence-electron chi connectivity index (χ0n) is 19.6. The van der Waals surface area contributed by atoms with Crippen LogP contribution in [0.3, 0.4) is 0 Å². The highest BCUT2D eigenvalue weighted by Crippen LogP contribution is 2.40. The van der Waals surface area contributed by atoms with Crippen molar-refractivity contribution in [3.8, 4) is 0 Å². The van der Waals surface area contributed by atoms with E-state index in [1.165, 1.54) is 27.9 Å². The van der Waals surface area contributed by atoms with Crippen molar-refractivity contribution in [1.29, 1.82) is 0 Å². The van der Waals surface area contributed by atoms with Crippen LogP contribution in [0.2, 0.25) is 0 Å². The number of hydrogen-bond donors (Lipinski definition) is 1. The number of aryl methyl sites for hydroxylation is 2. The number of hydrogen-bond acceptors (Lipinski definition) is 3. The second-order valence-corrected chi connectivity index (χ2v) is 9.24. The van der Waals surface area contributed by atoms with Crippen LogP contribution in [-0.4, -0.2) is 20.4 Å². The predicted octanol–water partition coefficient (Wildman–Crippen LogP) is 7.23. The Balaban J connectivity index is 0.000000352. The van der Waals surface area contributed by atoms with E-state index in [4.69, 9.17) is 0 Å². The van der Waals surface area contributed by atoms with Gasteiger partial charge in [-0.2, -0.15) is 3.89 Å². The van der Waals surface area contributed by atoms with Crippen LogP contribution < -0.4 is 0 Å². The Kier molecular flexibility index (Phi) is 8.19. The largest absolute Gasteiger partial charge is 0.365 e. The summed E-state index contributed by atoms with van der Waals surface area (Å²) in [5.74, 6) is 0. The smallest absolute Gasteiger partial charge is 0.0921 e. The third-order valence-corrected chi connectivity index (χ3v) is 6.95. The first-order valence-electron chi connectivity index (χ1n) is 11.3. The minimum absolute atomic E-state index is 0.0564. The Labute approximate surface area is 196 Å². The predicted molar refractivity (Wildman–Crippen MR) is 133 cm³/mol. The van der Waals surface area contributed by atoms with Crippen molar-refractivity contribution in [2.45, 2.75) is 70.4 Å². The number of allylic oxidation sites excluding steroid dienone is 1. The van der Waals surface area contributed by atoms with Gasteiger partial charge in [-0.1, -0.05) is 50.8 Å². The van der Waals surface area contributed by atoms with E-state index < -0.39 is 0 Å². The molecule has 1 N–H and O–H groups in total. The monoisotopic (exact) mass is 451 g/mol. The first kappa shape index (κ1) is 24.1. The molecule has 0 fully saturated rings. The van der Waals surface area contributed by atoms with Crippen LogP contribution in [0.25, 0.3) is 0 Å². The van der Waals surface area contributed by atoms with Gasteiger partial charge < -0.3 is 9.88 Å². The van der Waals surface area contributed by atoms with Crippen LogP contribution in [0.15, 0.2) is 72.2 Å². The molecule has 4 rings (SSSR count). The molecule has 1 aliphatic rings. The molecule has 1 heterocycles. The molecule has 0 saturated heterocycles. The van der Waals surface area contributed by atoms with Crippen molar-refractivity contribution >= 4 is 12.1 Å². The highest BCUT2D eigenvalue weighted by atomic mass is 32.2. The van der Waals surface area contributed by atoms with Crippen molar-refractivity contribution in [3.63, 3.8) is 0 Å². The zero-order valence-corrected chi connectivity index (χ0v) is 20.4. The lowest BCUT2D eigenvalue weighted by Crippen LogP contribution is -2.47. The lowest BCUT2D eigenvalue weighted by Gasteiger charge is -2.43. The molecule has 0 unspecified atom stereocenters. The molecule has 1 aromatic heterocycles. The maximum absolute atomic E-state index is 13.0. The summed E-state index contributed by atoms with van der Waals surface area (Å²) in [7, 11) is 0. The van der Waals surface area contributed by atoms with Crippen molar-refractivity contribution in [2.75, 3.05) is 0 Å². The van der Waals surface area contributed by atoms with Gasteiger partial charge in [0.1, 0.15) is 0 Å². The summed E-state index contributed by atoms with van der Waals surface area (Å²) in [6.45, 7) is 13.6. The van der Waals surface area contributed by atoms with Crippen LogP contribution in [0.1, 0.15) is 55.1 Å². The van der Waals surface area contributed by atoms with Crippen molar-refractivity contribution in [3.05, 3.63) is 95.2 Å². The molecule has 3 aromatic rings. The fraction of sp³-hybridized carbons (Fsp3) is 0.370. The molecule has 32 heavy (non-hydrogen) atoms. The average Bonchev–Trinajstić information content (AvgIpc) is 3.46. The van der Waals surface area contributed by atoms with E-state index in [2.05, 4.69) is 73.4 Å². The Hall–Kier alpha value is -2.53. The molecule has 1 aliphatic carbocycles. The molecule has 0 bridgehead atoms. The summed E-state index contributed by atoms with van der Waals surface area (Å²) < 4.78 is 13.0. The maximum atomic E-state index is 13.0. The highest BCUT2D eigenvalue weighted by molar-refractivity contribution is 7.94. The molecule has 170 valence electrons. The summed E-state index contributed by atoms with van der Waals surface area (Å²) in [5, 5.41) is 0. The average molecular weight is 452 g/mol. The summed E-state index contributed by atoms with van der Waals surface area (Å²) >= 11 is 0.313. The highest BCUT2D eigenvalue weighted by Gasteiger charge is 2.40. The molecule has 0 atom stereocenters. The zero-order chi connectivity index (χ0) is 23.1. The van der Waals surface area contributed by atoms with Gasteiger partial charge in [0, 0.05) is 34.6 Å². The van der Waals surface area contributed by atoms with Crippen molar-refractivity contribution in [1.82, 2.24) is 14.9 Å². The normalized spacial score (nSPS) is 13.8. The van der Waals surface area contributed by atoms with Gasteiger partial charge in [0.2, 0.25) is 0 Å². The van der Waals surface area contributed by atoms with Crippen LogP contribution in [-0.2, 0) is 25.8 Å². The van der Waals surface area contributed by atoms with Gasteiger partial charge >= 0.3 is 0 Å². The number of halogens is 1. The molecule has 0 aliphatic heterocycles. The number of fused-ring (bicyclic) bond motifs is 1. The van der Waals surface area contributed by atoms with Gasteiger partial charge in [0.15, 0.2) is 0 Å². The van der Waals surface area contributed by atoms with Crippen LogP contribution in [0.4, 0.5) is 3.89 Å². The van der Waals surface area contributed by atoms with Crippen LogP contribution >= 0.6 is 12.1 Å². The Morgan fingerprint density at radius 3 is 2.34 bits per heavy atom. The number of nitrogens with one attached hydrogen (secondary N) is 1. The SMILES string of the molecule is C=C(C)N(Cc1cc(SF)ccc1C)C1(CC)Cc2ccccc2C1.CCc1cnc[nH]1. The summed E-state index contributed by atoms with van der Waals surface area (Å²) in [6, 6.07) is 14.6. The molecular formula is C27H34FN3S. The minimum atomic E-state index is 0.0564. The number of H-pyrrole nitrogens is 1. The Morgan fingerprint density at radius 1 is 1.19 bits per heavy atom. The number of rotatable bonds is 7. The van der Waals surface area contributed by atoms with E-state index >= 15 is 0 Å². The third kappa shape index (κ3) is 5.44. The standard InChI is InChI=1S/C22H26FNS.C5H8N2/c1-5-22(13-18-8-6-7-9-19(18)14-22)24(16(2)3)15-20-12-21(25-23)11-10-17(20)4;1-2-5-3-6-4-7-5/h6-12H,2,5,13-15H2,1,3-4H3;3-4H,2H2,1H3,(H,6,7). The number of aromatic amines is 1. The van der Waals surface area contributed by atoms with Gasteiger partial charge in [-0.3, -0.25) is 0 Å². The van der Waals surface area contributed by atoms with Crippen molar-refractivity contribution < 1.29 is 3.89 Å². The topological polar surface area (TPSA) is 31.9 Å². The van der Waals surface area contributed by atoms with Crippen LogP contribution in [0, 0.1) is 6.92 Å². The lowest BCUT2D eigenvalue weighted by molar-refractivity contribution is 0.124. The van der Waals surface area contributed by atoms with Gasteiger partial charge in [-0.15, -0.1) is 0 Å². The van der Waals surface area contributed by atoms with Gasteiger partial charge in [-0.05, 0) is 73.9 Å². The van der Waals surface area contributed by atoms with E-state index in [9.17, 15) is 3.89 Å². The molecular weight excluding hydrogens is 417 g/mol. The molecule has 0 amide bonds. The molecule has 0 saturated carbocycles. The van der Waals surface area contributed by atoms with Crippen LogP contribution in [0.5, 0.6) is 0 Å². The summed E-state index contributed by atoms with van der Waals surface area (Å²) in [5.41, 5.74) is 7.59. The van der Waals surface area contributed by atoms with Crippen molar-refractivity contribution in [2.24, 2.45) is 0 Å². The molecule has 0 radical (unpaired) electrons. The second kappa shape index (κ2) is 10.9. The van der Waals surface area contributed by atoms with E-state index in [0.717, 1.165) is 37.9 Å². The first-order chi connectivity index (χ1) is 15.4. The van der Waals surface area contributed by atoms with E-state index in [1.807, 2.05) is 24.4 Å². The van der Waals surface area contributed by atoms with E-state index in [0.29, 0.717) is 17.0 Å². The number of imidazole rings is 1. The number of aromatic nitrogens is 2.